The molecule has 8 heteroatoms. The Hall–Kier alpha value is -1.88. The topological polar surface area (TPSA) is 66.5 Å². The molecular formula is C16H19F2N2O3P. The number of nitrogens with one attached hydrogen (secondary N) is 1. The van der Waals surface area contributed by atoms with E-state index >= 15 is 0 Å². The lowest BCUT2D eigenvalue weighted by Crippen LogP contribution is -2.47. The minimum atomic E-state index is -3.13. The normalized spacial score (nSPS) is 18.9. The van der Waals surface area contributed by atoms with Crippen LogP contribution in [-0.4, -0.2) is 42.1 Å². The predicted molar refractivity (Wildman–Crippen MR) is 87.8 cm³/mol. The molecule has 0 aliphatic carbocycles. The molecule has 1 heterocycles. The smallest absolute Gasteiger partial charge is 0.283 e. The number of hydrogen-bond acceptors (Lipinski definition) is 3. The fourth-order valence-corrected chi connectivity index (χ4v) is 2.80. The second-order valence-electron chi connectivity index (χ2n) is 5.68. The second-order valence-corrected chi connectivity index (χ2v) is 6.40. The van der Waals surface area contributed by atoms with E-state index in [1.54, 1.807) is 0 Å². The van der Waals surface area contributed by atoms with Crippen LogP contribution < -0.4 is 5.32 Å². The Bertz CT molecular complexity index is 634. The zero-order valence-electron chi connectivity index (χ0n) is 13.0. The highest BCUT2D eigenvalue weighted by Gasteiger charge is 2.29. The van der Waals surface area contributed by atoms with Gasteiger partial charge in [0.05, 0.1) is 6.54 Å². The molecule has 0 saturated carbocycles. The fraction of sp³-hybridized carbons (Fsp3) is 0.438. The molecule has 0 radical (unpaired) electrons. The summed E-state index contributed by atoms with van der Waals surface area (Å²) in [6, 6.07) is 4.37. The Morgan fingerprint density at radius 3 is 2.83 bits per heavy atom. The van der Waals surface area contributed by atoms with E-state index in [9.17, 15) is 23.2 Å². The second kappa shape index (κ2) is 7.79. The molecule has 1 N–H and O–H groups in total. The van der Waals surface area contributed by atoms with Gasteiger partial charge in [0.2, 0.25) is 5.91 Å². The van der Waals surface area contributed by atoms with Gasteiger partial charge in [0.25, 0.3) is 11.6 Å². The molecule has 24 heavy (non-hydrogen) atoms. The van der Waals surface area contributed by atoms with Crippen LogP contribution >= 0.6 is 9.24 Å². The lowest BCUT2D eigenvalue weighted by Gasteiger charge is -2.23. The van der Waals surface area contributed by atoms with Gasteiger partial charge in [0, 0.05) is 17.7 Å². The molecule has 1 aromatic rings. The molecule has 1 saturated heterocycles. The number of hydrogen-bond donors (Lipinski definition) is 1. The maximum absolute atomic E-state index is 13.3. The predicted octanol–water partition coefficient (Wildman–Crippen LogP) is 1.92. The third-order valence-corrected chi connectivity index (χ3v) is 4.22. The van der Waals surface area contributed by atoms with Crippen molar-refractivity contribution in [2.24, 2.45) is 0 Å². The van der Waals surface area contributed by atoms with E-state index in [1.807, 2.05) is 0 Å². The summed E-state index contributed by atoms with van der Waals surface area (Å²) in [4.78, 5) is 36.7. The van der Waals surface area contributed by atoms with E-state index in [4.69, 9.17) is 0 Å². The van der Waals surface area contributed by atoms with Crippen molar-refractivity contribution in [2.75, 3.05) is 13.1 Å². The molecular weight excluding hydrogens is 337 g/mol. The summed E-state index contributed by atoms with van der Waals surface area (Å²) in [5.74, 6) is -0.905. The van der Waals surface area contributed by atoms with E-state index < -0.39 is 17.6 Å². The average Bonchev–Trinajstić information content (AvgIpc) is 2.70. The quantitative estimate of drug-likeness (QED) is 0.648. The van der Waals surface area contributed by atoms with Crippen LogP contribution in [0.25, 0.3) is 0 Å². The summed E-state index contributed by atoms with van der Waals surface area (Å²) in [5, 5.41) is 2.59. The van der Waals surface area contributed by atoms with Crippen molar-refractivity contribution in [2.45, 2.75) is 31.0 Å². The third-order valence-electron chi connectivity index (χ3n) is 3.89. The van der Waals surface area contributed by atoms with Crippen LogP contribution in [0.5, 0.6) is 0 Å². The number of likely N-dealkylation sites (tertiary alicyclic amines) is 1. The van der Waals surface area contributed by atoms with Crippen LogP contribution in [0, 0.1) is 0 Å². The van der Waals surface area contributed by atoms with Crippen molar-refractivity contribution in [3.05, 3.63) is 35.4 Å². The van der Waals surface area contributed by atoms with Crippen LogP contribution in [-0.2, 0) is 15.3 Å². The van der Waals surface area contributed by atoms with Crippen molar-refractivity contribution in [1.29, 1.82) is 0 Å². The van der Waals surface area contributed by atoms with Gasteiger partial charge >= 0.3 is 0 Å². The number of carbonyl (C=O) groups excluding carboxylic acids is 3. The Balaban J connectivity index is 2.13. The lowest BCUT2D eigenvalue weighted by atomic mass is 10.1. The molecule has 5 nitrogen and oxygen atoms in total. The first-order chi connectivity index (χ1) is 11.3. The van der Waals surface area contributed by atoms with Gasteiger partial charge in [-0.1, -0.05) is 21.4 Å². The van der Waals surface area contributed by atoms with Crippen LogP contribution in [0.15, 0.2) is 24.3 Å². The monoisotopic (exact) mass is 356 g/mol. The van der Waals surface area contributed by atoms with Gasteiger partial charge in [0.1, 0.15) is 12.3 Å². The lowest BCUT2D eigenvalue weighted by molar-refractivity contribution is -0.134. The standard InChI is InChI=1S/C16H19F2N2O3P/c17-16(18,24)12-5-3-4-11(10-12)14(22)19-13-6-1-2-7-20(8-9-21)15(13)23/h3-5,9-10,13H,1-2,6-8,24H2,(H,19,22). The molecule has 0 spiro atoms. The Kier molecular flexibility index (Phi) is 5.99. The minimum Gasteiger partial charge on any atom is -0.340 e. The third kappa shape index (κ3) is 4.57. The number of aldehydes is 1. The molecule has 1 fully saturated rings. The number of amides is 2. The van der Waals surface area contributed by atoms with Crippen molar-refractivity contribution in [3.8, 4) is 0 Å². The van der Waals surface area contributed by atoms with Crippen LogP contribution in [0.2, 0.25) is 0 Å². The van der Waals surface area contributed by atoms with Gasteiger partial charge in [-0.25, -0.2) is 0 Å². The number of nitrogens with zero attached hydrogens (tertiary/aromatic N) is 1. The molecule has 0 bridgehead atoms. The maximum Gasteiger partial charge on any atom is 0.283 e. The molecule has 1 aromatic carbocycles. The summed E-state index contributed by atoms with van der Waals surface area (Å²) in [6.07, 6.45) is 2.59. The number of rotatable bonds is 5. The van der Waals surface area contributed by atoms with E-state index in [1.165, 1.54) is 32.3 Å². The first kappa shape index (κ1) is 18.5. The molecule has 2 rings (SSSR count). The van der Waals surface area contributed by atoms with Gasteiger partial charge < -0.3 is 15.0 Å². The molecule has 0 aromatic heterocycles. The molecule has 1 aliphatic heterocycles. The average molecular weight is 356 g/mol. The maximum atomic E-state index is 13.3. The van der Waals surface area contributed by atoms with Crippen molar-refractivity contribution < 1.29 is 23.2 Å². The van der Waals surface area contributed by atoms with Crippen LogP contribution in [0.1, 0.15) is 35.2 Å². The summed E-state index contributed by atoms with van der Waals surface area (Å²) in [5.41, 5.74) is -3.36. The first-order valence-electron chi connectivity index (χ1n) is 7.63. The molecule has 1 aliphatic rings. The van der Waals surface area contributed by atoms with E-state index in [0.717, 1.165) is 18.9 Å². The Morgan fingerprint density at radius 2 is 2.17 bits per heavy atom. The summed E-state index contributed by atoms with van der Waals surface area (Å²) < 4.78 is 26.7. The van der Waals surface area contributed by atoms with E-state index in [2.05, 4.69) is 5.32 Å². The van der Waals surface area contributed by atoms with E-state index in [-0.39, 0.29) is 23.6 Å². The highest BCUT2D eigenvalue weighted by Crippen LogP contribution is 2.34. The van der Waals surface area contributed by atoms with Gasteiger partial charge in [-0.2, -0.15) is 8.78 Å². The minimum absolute atomic E-state index is 0.0139. The fourth-order valence-electron chi connectivity index (χ4n) is 2.62. The molecule has 2 amide bonds. The van der Waals surface area contributed by atoms with Crippen LogP contribution in [0.3, 0.4) is 0 Å². The number of halogens is 2. The summed E-state index contributed by atoms with van der Waals surface area (Å²) >= 11 is 0. The number of alkyl halides is 2. The molecule has 2 unspecified atom stereocenters. The Labute approximate surface area is 141 Å². The van der Waals surface area contributed by atoms with Gasteiger partial charge in [-0.05, 0) is 31.4 Å². The van der Waals surface area contributed by atoms with Crippen LogP contribution in [0.4, 0.5) is 8.78 Å². The van der Waals surface area contributed by atoms with Crippen molar-refractivity contribution in [3.63, 3.8) is 0 Å². The number of benzene rings is 1. The zero-order chi connectivity index (χ0) is 17.7. The van der Waals surface area contributed by atoms with Crippen molar-refractivity contribution >= 4 is 27.3 Å². The van der Waals surface area contributed by atoms with Gasteiger partial charge in [-0.15, -0.1) is 0 Å². The highest BCUT2D eigenvalue weighted by molar-refractivity contribution is 7.17. The number of carbonyl (C=O) groups is 3. The Morgan fingerprint density at radius 1 is 1.42 bits per heavy atom. The SMILES string of the molecule is O=CCN1CCCCC(NC(=O)c2cccc(C(F)(F)P)c2)C1=O. The van der Waals surface area contributed by atoms with Crippen molar-refractivity contribution in [1.82, 2.24) is 10.2 Å². The van der Waals surface area contributed by atoms with Gasteiger partial charge in [-0.3, -0.25) is 9.59 Å². The molecule has 130 valence electrons. The van der Waals surface area contributed by atoms with Gasteiger partial charge in [0.15, 0.2) is 0 Å². The summed E-state index contributed by atoms with van der Waals surface area (Å²) in [6.45, 7) is 0.457. The first-order valence-corrected chi connectivity index (χ1v) is 8.21. The molecule has 2 atom stereocenters. The highest BCUT2D eigenvalue weighted by atomic mass is 31.0. The van der Waals surface area contributed by atoms with E-state index in [0.29, 0.717) is 19.3 Å². The largest absolute Gasteiger partial charge is 0.340 e. The summed E-state index contributed by atoms with van der Waals surface area (Å²) in [7, 11) is 1.42. The zero-order valence-corrected chi connectivity index (χ0v) is 14.2.